The van der Waals surface area contributed by atoms with Crippen molar-refractivity contribution in [2.45, 2.75) is 25.2 Å². The van der Waals surface area contributed by atoms with Crippen LogP contribution in [0, 0.1) is 0 Å². The van der Waals surface area contributed by atoms with E-state index >= 15 is 0 Å². The average Bonchev–Trinajstić information content (AvgIpc) is 2.52. The number of alkyl halides is 3. The van der Waals surface area contributed by atoms with Crippen LogP contribution in [0.3, 0.4) is 0 Å². The molecule has 1 fully saturated rings. The smallest absolute Gasteiger partial charge is 0.292 e. The summed E-state index contributed by atoms with van der Waals surface area (Å²) >= 11 is 0. The van der Waals surface area contributed by atoms with Gasteiger partial charge in [-0.2, -0.15) is 13.2 Å². The number of nitrogens with zero attached hydrogens (tertiary/aromatic N) is 1. The van der Waals surface area contributed by atoms with E-state index < -0.39 is 11.7 Å². The molecule has 1 aliphatic rings. The van der Waals surface area contributed by atoms with Crippen LogP contribution in [0.25, 0.3) is 5.57 Å². The zero-order valence-electron chi connectivity index (χ0n) is 12.7. The second-order valence-corrected chi connectivity index (χ2v) is 5.86. The fourth-order valence-corrected chi connectivity index (χ4v) is 2.91. The highest BCUT2D eigenvalue weighted by Crippen LogP contribution is 2.34. The van der Waals surface area contributed by atoms with E-state index in [4.69, 9.17) is 0 Å². The maximum Gasteiger partial charge on any atom is 0.416 e. The predicted molar refractivity (Wildman–Crippen MR) is 85.7 cm³/mol. The minimum Gasteiger partial charge on any atom is -0.292 e. The van der Waals surface area contributed by atoms with Crippen LogP contribution >= 0.6 is 0 Å². The molecule has 0 bridgehead atoms. The van der Waals surface area contributed by atoms with Crippen LogP contribution in [0.4, 0.5) is 13.2 Å². The molecule has 2 aromatic rings. The molecule has 2 aromatic carbocycles. The number of hydrogen-bond donors (Lipinski definition) is 0. The van der Waals surface area contributed by atoms with Gasteiger partial charge in [-0.15, -0.1) is 0 Å². The average molecular weight is 317 g/mol. The molecule has 1 aliphatic heterocycles. The molecule has 23 heavy (non-hydrogen) atoms. The highest BCUT2D eigenvalue weighted by atomic mass is 19.4. The first kappa shape index (κ1) is 15.8. The molecule has 1 saturated heterocycles. The Bertz CT molecular complexity index is 674. The predicted octanol–water partition coefficient (Wildman–Crippen LogP) is 4.99. The van der Waals surface area contributed by atoms with Crippen LogP contribution in [0.2, 0.25) is 0 Å². The van der Waals surface area contributed by atoms with Gasteiger partial charge in [0.15, 0.2) is 0 Å². The highest BCUT2D eigenvalue weighted by Gasteiger charge is 2.32. The number of benzene rings is 2. The van der Waals surface area contributed by atoms with Gasteiger partial charge >= 0.3 is 6.18 Å². The summed E-state index contributed by atoms with van der Waals surface area (Å²) in [5.41, 5.74) is 2.28. The van der Waals surface area contributed by atoms with E-state index in [9.17, 15) is 13.2 Å². The first-order valence-electron chi connectivity index (χ1n) is 7.59. The van der Waals surface area contributed by atoms with Crippen molar-refractivity contribution < 1.29 is 13.2 Å². The van der Waals surface area contributed by atoms with Crippen molar-refractivity contribution >= 4 is 5.57 Å². The van der Waals surface area contributed by atoms with Gasteiger partial charge in [-0.05, 0) is 35.3 Å². The molecule has 0 aromatic heterocycles. The summed E-state index contributed by atoms with van der Waals surface area (Å²) in [7, 11) is 0. The van der Waals surface area contributed by atoms with Crippen LogP contribution in [-0.4, -0.2) is 17.5 Å². The highest BCUT2D eigenvalue weighted by molar-refractivity contribution is 5.68. The Morgan fingerprint density at radius 1 is 1.04 bits per heavy atom. The molecule has 0 radical (unpaired) electrons. The quantitative estimate of drug-likeness (QED) is 0.767. The summed E-state index contributed by atoms with van der Waals surface area (Å²) in [4.78, 5) is 2.30. The van der Waals surface area contributed by atoms with Gasteiger partial charge in [0.1, 0.15) is 0 Å². The molecular weight excluding hydrogens is 299 g/mol. The maximum atomic E-state index is 12.6. The van der Waals surface area contributed by atoms with Gasteiger partial charge in [0.05, 0.1) is 5.56 Å². The second-order valence-electron chi connectivity index (χ2n) is 5.86. The van der Waals surface area contributed by atoms with Crippen molar-refractivity contribution in [1.29, 1.82) is 0 Å². The fraction of sp³-hybridized carbons (Fsp3) is 0.263. The van der Waals surface area contributed by atoms with Gasteiger partial charge in [0.2, 0.25) is 0 Å². The van der Waals surface area contributed by atoms with E-state index in [2.05, 4.69) is 23.6 Å². The van der Waals surface area contributed by atoms with E-state index in [1.165, 1.54) is 17.7 Å². The van der Waals surface area contributed by atoms with Crippen LogP contribution in [0.15, 0.2) is 61.2 Å². The van der Waals surface area contributed by atoms with Crippen molar-refractivity contribution in [2.75, 3.05) is 6.54 Å². The summed E-state index contributed by atoms with van der Waals surface area (Å²) in [6, 6.07) is 15.6. The van der Waals surface area contributed by atoms with Crippen molar-refractivity contribution in [2.24, 2.45) is 0 Å². The van der Waals surface area contributed by atoms with E-state index in [-0.39, 0.29) is 6.04 Å². The third kappa shape index (κ3) is 3.48. The zero-order chi connectivity index (χ0) is 16.4. The van der Waals surface area contributed by atoms with Crippen LogP contribution in [0.1, 0.15) is 23.1 Å². The van der Waals surface area contributed by atoms with E-state index in [0.29, 0.717) is 0 Å². The van der Waals surface area contributed by atoms with Gasteiger partial charge in [0, 0.05) is 19.1 Å². The Hall–Kier alpha value is -2.07. The molecule has 0 saturated carbocycles. The normalized spacial score (nSPS) is 18.5. The Kier molecular flexibility index (Phi) is 4.26. The lowest BCUT2D eigenvalue weighted by Crippen LogP contribution is -2.47. The van der Waals surface area contributed by atoms with Gasteiger partial charge in [-0.25, -0.2) is 0 Å². The van der Waals surface area contributed by atoms with Crippen molar-refractivity contribution in [3.63, 3.8) is 0 Å². The molecule has 1 heterocycles. The molecule has 0 amide bonds. The first-order chi connectivity index (χ1) is 10.9. The molecule has 0 aliphatic carbocycles. The lowest BCUT2D eigenvalue weighted by Gasteiger charge is -2.42. The van der Waals surface area contributed by atoms with E-state index in [0.717, 1.165) is 42.8 Å². The van der Waals surface area contributed by atoms with Crippen LogP contribution < -0.4 is 0 Å². The molecule has 120 valence electrons. The van der Waals surface area contributed by atoms with Gasteiger partial charge in [-0.3, -0.25) is 4.90 Å². The summed E-state index contributed by atoms with van der Waals surface area (Å²) in [5, 5.41) is 0. The third-order valence-corrected chi connectivity index (χ3v) is 4.34. The summed E-state index contributed by atoms with van der Waals surface area (Å²) in [5.74, 6) is 0. The topological polar surface area (TPSA) is 3.24 Å². The molecule has 1 atom stereocenters. The largest absolute Gasteiger partial charge is 0.416 e. The lowest BCUT2D eigenvalue weighted by atomic mass is 9.90. The van der Waals surface area contributed by atoms with Crippen molar-refractivity contribution in [3.05, 3.63) is 77.9 Å². The van der Waals surface area contributed by atoms with Crippen LogP contribution in [0.5, 0.6) is 0 Å². The summed E-state index contributed by atoms with van der Waals surface area (Å²) in [6.45, 7) is 5.93. The van der Waals surface area contributed by atoms with Gasteiger partial charge in [0.25, 0.3) is 0 Å². The molecule has 3 rings (SSSR count). The number of likely N-dealkylation sites (tertiary alicyclic amines) is 1. The van der Waals surface area contributed by atoms with Crippen molar-refractivity contribution in [3.8, 4) is 0 Å². The Morgan fingerprint density at radius 3 is 2.22 bits per heavy atom. The second kappa shape index (κ2) is 6.20. The Balaban J connectivity index is 1.68. The maximum absolute atomic E-state index is 12.6. The van der Waals surface area contributed by atoms with Gasteiger partial charge < -0.3 is 0 Å². The SMILES string of the molecule is C=C(c1ccc(C(F)(F)F)cc1)C1CCN1Cc1ccccc1. The molecule has 0 spiro atoms. The van der Waals surface area contributed by atoms with Crippen molar-refractivity contribution in [1.82, 2.24) is 4.90 Å². The zero-order valence-corrected chi connectivity index (χ0v) is 12.7. The lowest BCUT2D eigenvalue weighted by molar-refractivity contribution is -0.137. The van der Waals surface area contributed by atoms with E-state index in [1.54, 1.807) is 0 Å². The van der Waals surface area contributed by atoms with Crippen LogP contribution in [-0.2, 0) is 12.7 Å². The fourth-order valence-electron chi connectivity index (χ4n) is 2.91. The van der Waals surface area contributed by atoms with E-state index in [1.807, 2.05) is 18.2 Å². The minimum atomic E-state index is -4.30. The summed E-state index contributed by atoms with van der Waals surface area (Å²) < 4.78 is 37.9. The molecule has 1 nitrogen and oxygen atoms in total. The third-order valence-electron chi connectivity index (χ3n) is 4.34. The molecule has 1 unspecified atom stereocenters. The molecule has 4 heteroatoms. The molecule has 0 N–H and O–H groups in total. The van der Waals surface area contributed by atoms with Gasteiger partial charge in [-0.1, -0.05) is 49.0 Å². The number of hydrogen-bond acceptors (Lipinski definition) is 1. The molecular formula is C19H18F3N. The summed E-state index contributed by atoms with van der Waals surface area (Å²) in [6.07, 6.45) is -3.30. The number of rotatable bonds is 4. The monoisotopic (exact) mass is 317 g/mol. The minimum absolute atomic E-state index is 0.201. The Morgan fingerprint density at radius 2 is 1.70 bits per heavy atom. The first-order valence-corrected chi connectivity index (χ1v) is 7.59. The number of halogens is 3. The standard InChI is InChI=1S/C19H18F3N/c1-14(16-7-9-17(10-8-16)19(20,21)22)18-11-12-23(18)13-15-5-3-2-4-6-15/h2-10,18H,1,11-13H2. The Labute approximate surface area is 134 Å².